The number of carboxylic acid groups (broad SMARTS) is 1. The Kier molecular flexibility index (Phi) is 11.8. The molecule has 0 radical (unpaired) electrons. The van der Waals surface area contributed by atoms with E-state index in [0.717, 1.165) is 5.56 Å². The number of nitrogens with one attached hydrogen (secondary N) is 2. The molecule has 0 saturated carbocycles. The van der Waals surface area contributed by atoms with E-state index in [2.05, 4.69) is 20.6 Å². The molecule has 1 amide bonds. The number of rotatable bonds is 14. The van der Waals surface area contributed by atoms with Crippen molar-refractivity contribution in [3.63, 3.8) is 0 Å². The molecular formula is C29H33ClF2N6O5. The van der Waals surface area contributed by atoms with Gasteiger partial charge in [0, 0.05) is 42.3 Å². The molecule has 4 rings (SSSR count). The number of amides is 1. The van der Waals surface area contributed by atoms with Gasteiger partial charge in [-0.2, -0.15) is 4.39 Å². The Labute approximate surface area is 253 Å². The lowest BCUT2D eigenvalue weighted by atomic mass is 10.0. The number of aliphatic carboxylic acids is 1. The summed E-state index contributed by atoms with van der Waals surface area (Å²) in [6.45, 7) is 3.29. The van der Waals surface area contributed by atoms with Crippen LogP contribution in [0.4, 0.5) is 20.3 Å². The SMILES string of the molecule is CCc1cc(Nc2nccn3c(-c4ccc(OC)c(F)c4F)cnc23)ccc1C(=O)NCCOCCN(C)CC(=O)O.Cl. The highest BCUT2D eigenvalue weighted by Gasteiger charge is 2.19. The quantitative estimate of drug-likeness (QED) is 0.178. The zero-order valence-corrected chi connectivity index (χ0v) is 24.7. The number of nitrogens with zero attached hydrogens (tertiary/aromatic N) is 4. The summed E-state index contributed by atoms with van der Waals surface area (Å²) in [5.41, 5.74) is 2.77. The van der Waals surface area contributed by atoms with Gasteiger partial charge in [0.25, 0.3) is 5.91 Å². The molecule has 2 aromatic carbocycles. The molecule has 2 heterocycles. The first kappa shape index (κ1) is 33.2. The maximum absolute atomic E-state index is 14.8. The number of carbonyl (C=O) groups is 2. The van der Waals surface area contributed by atoms with Gasteiger partial charge in [0.15, 0.2) is 23.0 Å². The van der Waals surface area contributed by atoms with E-state index >= 15 is 0 Å². The lowest BCUT2D eigenvalue weighted by Gasteiger charge is -2.14. The second kappa shape index (κ2) is 15.2. The maximum Gasteiger partial charge on any atom is 0.317 e. The molecule has 0 atom stereocenters. The minimum absolute atomic E-state index is 0. The van der Waals surface area contributed by atoms with Crippen molar-refractivity contribution < 1.29 is 33.0 Å². The molecular weight excluding hydrogens is 586 g/mol. The fourth-order valence-electron chi connectivity index (χ4n) is 4.38. The van der Waals surface area contributed by atoms with Crippen molar-refractivity contribution in [2.75, 3.05) is 52.3 Å². The van der Waals surface area contributed by atoms with E-state index < -0.39 is 17.6 Å². The number of ether oxygens (including phenoxy) is 2. The number of anilines is 2. The largest absolute Gasteiger partial charge is 0.494 e. The molecule has 11 nitrogen and oxygen atoms in total. The first-order valence-electron chi connectivity index (χ1n) is 13.2. The monoisotopic (exact) mass is 618 g/mol. The summed E-state index contributed by atoms with van der Waals surface area (Å²) in [6.07, 6.45) is 5.16. The summed E-state index contributed by atoms with van der Waals surface area (Å²) in [4.78, 5) is 33.9. The lowest BCUT2D eigenvalue weighted by Crippen LogP contribution is -2.31. The van der Waals surface area contributed by atoms with Gasteiger partial charge >= 0.3 is 5.97 Å². The first-order chi connectivity index (χ1) is 20.2. The van der Waals surface area contributed by atoms with Crippen molar-refractivity contribution in [1.82, 2.24) is 24.6 Å². The van der Waals surface area contributed by atoms with Gasteiger partial charge in [-0.25, -0.2) is 14.4 Å². The fraction of sp³-hybridized carbons (Fsp3) is 0.310. The van der Waals surface area contributed by atoms with E-state index in [9.17, 15) is 18.4 Å². The number of hydrogen-bond donors (Lipinski definition) is 3. The third kappa shape index (κ3) is 7.95. The molecule has 4 aromatic rings. The van der Waals surface area contributed by atoms with Crippen LogP contribution in [0.5, 0.6) is 5.75 Å². The average molecular weight is 619 g/mol. The molecule has 0 aliphatic rings. The minimum atomic E-state index is -1.08. The molecule has 0 aliphatic carbocycles. The Morgan fingerprint density at radius 2 is 1.91 bits per heavy atom. The van der Waals surface area contributed by atoms with Crippen LogP contribution in [0.2, 0.25) is 0 Å². The number of carboxylic acids is 1. The number of aryl methyl sites for hydroxylation is 1. The zero-order chi connectivity index (χ0) is 30.2. The van der Waals surface area contributed by atoms with Crippen LogP contribution in [-0.4, -0.2) is 83.3 Å². The zero-order valence-electron chi connectivity index (χ0n) is 23.9. The van der Waals surface area contributed by atoms with Crippen LogP contribution < -0.4 is 15.4 Å². The van der Waals surface area contributed by atoms with Crippen LogP contribution in [-0.2, 0) is 16.0 Å². The number of likely N-dealkylation sites (N-methyl/N-ethyl adjacent to an activating group) is 1. The predicted molar refractivity (Wildman–Crippen MR) is 160 cm³/mol. The Hall–Kier alpha value is -4.33. The van der Waals surface area contributed by atoms with Gasteiger partial charge in [0.05, 0.1) is 38.8 Å². The van der Waals surface area contributed by atoms with E-state index in [4.69, 9.17) is 14.6 Å². The van der Waals surface area contributed by atoms with E-state index in [1.54, 1.807) is 34.7 Å². The highest BCUT2D eigenvalue weighted by Crippen LogP contribution is 2.31. The molecule has 14 heteroatoms. The number of benzene rings is 2. The van der Waals surface area contributed by atoms with Gasteiger partial charge in [-0.05, 0) is 49.4 Å². The smallest absolute Gasteiger partial charge is 0.317 e. The molecule has 0 spiro atoms. The molecule has 2 aromatic heterocycles. The second-order valence-electron chi connectivity index (χ2n) is 9.41. The van der Waals surface area contributed by atoms with Crippen LogP contribution >= 0.6 is 12.4 Å². The van der Waals surface area contributed by atoms with Gasteiger partial charge in [0.1, 0.15) is 0 Å². The van der Waals surface area contributed by atoms with E-state index in [1.165, 1.54) is 31.6 Å². The summed E-state index contributed by atoms with van der Waals surface area (Å²) in [6, 6.07) is 8.09. The summed E-state index contributed by atoms with van der Waals surface area (Å²) in [7, 11) is 2.96. The fourth-order valence-corrected chi connectivity index (χ4v) is 4.38. The van der Waals surface area contributed by atoms with Crippen LogP contribution in [0.15, 0.2) is 48.9 Å². The van der Waals surface area contributed by atoms with Crippen molar-refractivity contribution in [3.05, 3.63) is 71.7 Å². The summed E-state index contributed by atoms with van der Waals surface area (Å²) >= 11 is 0. The highest BCUT2D eigenvalue weighted by atomic mass is 35.5. The molecule has 0 bridgehead atoms. The van der Waals surface area contributed by atoms with Crippen molar-refractivity contribution in [3.8, 4) is 17.0 Å². The van der Waals surface area contributed by atoms with Crippen LogP contribution in [0.3, 0.4) is 0 Å². The highest BCUT2D eigenvalue weighted by molar-refractivity contribution is 5.96. The van der Waals surface area contributed by atoms with Crippen molar-refractivity contribution >= 4 is 41.4 Å². The van der Waals surface area contributed by atoms with Crippen molar-refractivity contribution in [1.29, 1.82) is 0 Å². The third-order valence-corrected chi connectivity index (χ3v) is 6.52. The molecule has 43 heavy (non-hydrogen) atoms. The van der Waals surface area contributed by atoms with Crippen LogP contribution in [0, 0.1) is 11.6 Å². The molecule has 0 unspecified atom stereocenters. The van der Waals surface area contributed by atoms with E-state index in [-0.39, 0.29) is 36.2 Å². The number of hydrogen-bond acceptors (Lipinski definition) is 8. The van der Waals surface area contributed by atoms with Crippen LogP contribution in [0.25, 0.3) is 16.9 Å². The average Bonchev–Trinajstić information content (AvgIpc) is 3.40. The Morgan fingerprint density at radius 1 is 1.12 bits per heavy atom. The second-order valence-corrected chi connectivity index (χ2v) is 9.41. The lowest BCUT2D eigenvalue weighted by molar-refractivity contribution is -0.138. The van der Waals surface area contributed by atoms with Gasteiger partial charge in [-0.15, -0.1) is 12.4 Å². The maximum atomic E-state index is 14.8. The Morgan fingerprint density at radius 3 is 2.63 bits per heavy atom. The van der Waals surface area contributed by atoms with Gasteiger partial charge in [0.2, 0.25) is 5.82 Å². The predicted octanol–water partition coefficient (Wildman–Crippen LogP) is 4.17. The number of carbonyl (C=O) groups excluding carboxylic acids is 1. The molecule has 230 valence electrons. The third-order valence-electron chi connectivity index (χ3n) is 6.52. The van der Waals surface area contributed by atoms with Crippen molar-refractivity contribution in [2.45, 2.75) is 13.3 Å². The van der Waals surface area contributed by atoms with E-state index in [1.807, 2.05) is 13.0 Å². The number of halogens is 3. The number of fused-ring (bicyclic) bond motifs is 1. The summed E-state index contributed by atoms with van der Waals surface area (Å²) < 4.78 is 41.1. The van der Waals surface area contributed by atoms with Gasteiger partial charge < -0.3 is 25.2 Å². The normalized spacial score (nSPS) is 10.9. The van der Waals surface area contributed by atoms with E-state index in [0.29, 0.717) is 61.1 Å². The Balaban J connectivity index is 0.00000506. The number of methoxy groups -OCH3 is 1. The molecule has 0 saturated heterocycles. The standard InChI is InChI=1S/C29H32F2N6O5.ClH/c1-4-18-15-19(5-6-20(18)29(40)33-10-13-42-14-12-36(2)17-24(38)39)35-27-28-34-16-22(37(28)11-9-32-27)21-7-8-23(41-3)26(31)25(21)30;/h5-9,11,15-16H,4,10,12-14,17H2,1-3H3,(H,32,35)(H,33,40)(H,38,39);1H. The Bertz CT molecular complexity index is 1580. The number of aromatic nitrogens is 3. The molecule has 0 fully saturated rings. The molecule has 0 aliphatic heterocycles. The van der Waals surface area contributed by atoms with Gasteiger partial charge in [-0.3, -0.25) is 18.9 Å². The number of imidazole rings is 1. The molecule has 3 N–H and O–H groups in total. The topological polar surface area (TPSA) is 130 Å². The van der Waals surface area contributed by atoms with Gasteiger partial charge in [-0.1, -0.05) is 6.92 Å². The summed E-state index contributed by atoms with van der Waals surface area (Å²) in [5.74, 6) is -3.06. The minimum Gasteiger partial charge on any atom is -0.494 e. The summed E-state index contributed by atoms with van der Waals surface area (Å²) in [5, 5.41) is 14.8. The van der Waals surface area contributed by atoms with Crippen molar-refractivity contribution in [2.24, 2.45) is 0 Å². The van der Waals surface area contributed by atoms with Crippen LogP contribution in [0.1, 0.15) is 22.8 Å². The first-order valence-corrected chi connectivity index (χ1v) is 13.2.